The van der Waals surface area contributed by atoms with Gasteiger partial charge in [-0.25, -0.2) is 9.97 Å². The molecule has 0 amide bonds. The van der Waals surface area contributed by atoms with Crippen LogP contribution < -0.4 is 4.74 Å². The van der Waals surface area contributed by atoms with E-state index in [4.69, 9.17) is 4.74 Å². The molecule has 27 heavy (non-hydrogen) atoms. The fourth-order valence-electron chi connectivity index (χ4n) is 3.39. The Morgan fingerprint density at radius 1 is 1.00 bits per heavy atom. The fraction of sp³-hybridized carbons (Fsp3) is 0.421. The van der Waals surface area contributed by atoms with Crippen molar-refractivity contribution in [1.29, 1.82) is 0 Å². The van der Waals surface area contributed by atoms with E-state index in [0.717, 1.165) is 63.1 Å². The second kappa shape index (κ2) is 8.32. The van der Waals surface area contributed by atoms with E-state index in [9.17, 15) is 0 Å². The van der Waals surface area contributed by atoms with Crippen molar-refractivity contribution in [2.24, 2.45) is 0 Å². The van der Waals surface area contributed by atoms with Crippen LogP contribution in [0.15, 0.2) is 49.3 Å². The topological polar surface area (TPSA) is 64.2 Å². The molecule has 1 saturated heterocycles. The van der Waals surface area contributed by atoms with Gasteiger partial charge >= 0.3 is 0 Å². The highest BCUT2D eigenvalue weighted by atomic mass is 16.5. The number of methoxy groups -OCH3 is 1. The lowest BCUT2D eigenvalue weighted by molar-refractivity contribution is 0.120. The number of piperazine rings is 1. The summed E-state index contributed by atoms with van der Waals surface area (Å²) in [5, 5.41) is 4.16. The van der Waals surface area contributed by atoms with E-state index in [2.05, 4.69) is 41.6 Å². The van der Waals surface area contributed by atoms with Crippen molar-refractivity contribution in [2.75, 3.05) is 39.8 Å². The SMILES string of the molecule is COc1ccc(-n2ccnc2CN2CCN(CCn3cncn3)CC2)cc1. The van der Waals surface area contributed by atoms with Gasteiger partial charge in [-0.2, -0.15) is 5.10 Å². The molecule has 3 heterocycles. The summed E-state index contributed by atoms with van der Waals surface area (Å²) in [6.07, 6.45) is 7.25. The Kier molecular flexibility index (Phi) is 5.45. The molecule has 0 unspecified atom stereocenters. The van der Waals surface area contributed by atoms with Gasteiger partial charge in [0.25, 0.3) is 0 Å². The molecule has 8 heteroatoms. The van der Waals surface area contributed by atoms with Gasteiger partial charge in [-0.15, -0.1) is 0 Å². The molecule has 0 atom stereocenters. The highest BCUT2D eigenvalue weighted by Gasteiger charge is 2.18. The van der Waals surface area contributed by atoms with Crippen LogP contribution in [0.2, 0.25) is 0 Å². The summed E-state index contributed by atoms with van der Waals surface area (Å²) in [6, 6.07) is 8.08. The highest BCUT2D eigenvalue weighted by molar-refractivity contribution is 5.38. The van der Waals surface area contributed by atoms with Crippen LogP contribution in [0, 0.1) is 0 Å². The lowest BCUT2D eigenvalue weighted by atomic mass is 10.3. The molecule has 1 aliphatic rings. The summed E-state index contributed by atoms with van der Waals surface area (Å²) in [6.45, 7) is 6.99. The first-order valence-corrected chi connectivity index (χ1v) is 9.25. The molecule has 1 aliphatic heterocycles. The van der Waals surface area contributed by atoms with Gasteiger partial charge in [-0.1, -0.05) is 0 Å². The molecule has 0 saturated carbocycles. The summed E-state index contributed by atoms with van der Waals surface area (Å²) in [5.74, 6) is 1.93. The van der Waals surface area contributed by atoms with Gasteiger partial charge in [0.05, 0.1) is 20.2 Å². The average Bonchev–Trinajstić information content (AvgIpc) is 3.40. The van der Waals surface area contributed by atoms with E-state index in [-0.39, 0.29) is 0 Å². The minimum atomic E-state index is 0.857. The Bertz CT molecular complexity index is 820. The zero-order chi connectivity index (χ0) is 18.5. The molecule has 142 valence electrons. The van der Waals surface area contributed by atoms with Gasteiger partial charge in [-0.05, 0) is 24.3 Å². The summed E-state index contributed by atoms with van der Waals surface area (Å²) < 4.78 is 9.28. The molecule has 8 nitrogen and oxygen atoms in total. The molecule has 3 aromatic rings. The predicted molar refractivity (Wildman–Crippen MR) is 102 cm³/mol. The Morgan fingerprint density at radius 3 is 2.48 bits per heavy atom. The highest BCUT2D eigenvalue weighted by Crippen LogP contribution is 2.17. The van der Waals surface area contributed by atoms with E-state index in [0.29, 0.717) is 0 Å². The summed E-state index contributed by atoms with van der Waals surface area (Å²) in [4.78, 5) is 13.5. The van der Waals surface area contributed by atoms with Crippen molar-refractivity contribution in [3.8, 4) is 11.4 Å². The van der Waals surface area contributed by atoms with Crippen molar-refractivity contribution in [1.82, 2.24) is 34.1 Å². The number of aromatic nitrogens is 5. The molecule has 0 radical (unpaired) electrons. The average molecular weight is 367 g/mol. The largest absolute Gasteiger partial charge is 0.497 e. The van der Waals surface area contributed by atoms with Crippen LogP contribution in [-0.4, -0.2) is 73.9 Å². The van der Waals surface area contributed by atoms with E-state index < -0.39 is 0 Å². The third-order valence-electron chi connectivity index (χ3n) is 5.01. The molecule has 1 aromatic carbocycles. The number of rotatable bonds is 7. The Hall–Kier alpha value is -2.71. The maximum Gasteiger partial charge on any atom is 0.137 e. The van der Waals surface area contributed by atoms with Gasteiger partial charge < -0.3 is 9.30 Å². The Balaban J connectivity index is 1.31. The number of hydrogen-bond donors (Lipinski definition) is 0. The Morgan fingerprint density at radius 2 is 1.78 bits per heavy atom. The van der Waals surface area contributed by atoms with Crippen LogP contribution >= 0.6 is 0 Å². The summed E-state index contributed by atoms with van der Waals surface area (Å²) in [5.41, 5.74) is 1.11. The second-order valence-electron chi connectivity index (χ2n) is 6.69. The Labute approximate surface area is 159 Å². The first-order chi connectivity index (χ1) is 13.3. The third kappa shape index (κ3) is 4.35. The molecule has 0 spiro atoms. The number of hydrogen-bond acceptors (Lipinski definition) is 6. The fourth-order valence-corrected chi connectivity index (χ4v) is 3.39. The van der Waals surface area contributed by atoms with Gasteiger partial charge in [0, 0.05) is 50.8 Å². The first-order valence-electron chi connectivity index (χ1n) is 9.25. The lowest BCUT2D eigenvalue weighted by Crippen LogP contribution is -2.47. The van der Waals surface area contributed by atoms with Gasteiger partial charge in [-0.3, -0.25) is 14.5 Å². The van der Waals surface area contributed by atoms with Crippen LogP contribution in [0.4, 0.5) is 0 Å². The minimum absolute atomic E-state index is 0.857. The molecule has 0 bridgehead atoms. The summed E-state index contributed by atoms with van der Waals surface area (Å²) >= 11 is 0. The minimum Gasteiger partial charge on any atom is -0.497 e. The number of ether oxygens (including phenoxy) is 1. The van der Waals surface area contributed by atoms with Gasteiger partial charge in [0.2, 0.25) is 0 Å². The van der Waals surface area contributed by atoms with Crippen molar-refractivity contribution in [3.63, 3.8) is 0 Å². The zero-order valence-electron chi connectivity index (χ0n) is 15.6. The van der Waals surface area contributed by atoms with Crippen LogP contribution in [0.25, 0.3) is 5.69 Å². The number of imidazole rings is 1. The maximum absolute atomic E-state index is 5.25. The van der Waals surface area contributed by atoms with Crippen molar-refractivity contribution < 1.29 is 4.74 Å². The molecular formula is C19H25N7O. The van der Waals surface area contributed by atoms with E-state index in [1.54, 1.807) is 19.8 Å². The van der Waals surface area contributed by atoms with Crippen LogP contribution in [-0.2, 0) is 13.1 Å². The predicted octanol–water partition coefficient (Wildman–Crippen LogP) is 1.29. The third-order valence-corrected chi connectivity index (χ3v) is 5.01. The van der Waals surface area contributed by atoms with Crippen molar-refractivity contribution >= 4 is 0 Å². The maximum atomic E-state index is 5.25. The molecule has 4 rings (SSSR count). The molecule has 0 aliphatic carbocycles. The normalized spacial score (nSPS) is 15.9. The van der Waals surface area contributed by atoms with E-state index in [1.807, 2.05) is 29.2 Å². The van der Waals surface area contributed by atoms with E-state index in [1.165, 1.54) is 0 Å². The quantitative estimate of drug-likeness (QED) is 0.627. The molecule has 0 N–H and O–H groups in total. The van der Waals surface area contributed by atoms with Crippen LogP contribution in [0.5, 0.6) is 5.75 Å². The first kappa shape index (κ1) is 17.7. The van der Waals surface area contributed by atoms with Crippen LogP contribution in [0.3, 0.4) is 0 Å². The monoisotopic (exact) mass is 367 g/mol. The van der Waals surface area contributed by atoms with Gasteiger partial charge in [0.1, 0.15) is 24.2 Å². The lowest BCUT2D eigenvalue weighted by Gasteiger charge is -2.34. The van der Waals surface area contributed by atoms with Crippen molar-refractivity contribution in [3.05, 3.63) is 55.1 Å². The molecule has 1 fully saturated rings. The standard InChI is InChI=1S/C19H25N7O/c1-27-18-4-2-17(3-5-18)26-7-6-21-19(26)14-24-10-8-23(9-11-24)12-13-25-16-20-15-22-25/h2-7,15-16H,8-14H2,1H3. The van der Waals surface area contributed by atoms with E-state index >= 15 is 0 Å². The van der Waals surface area contributed by atoms with Gasteiger partial charge in [0.15, 0.2) is 0 Å². The van der Waals surface area contributed by atoms with Crippen molar-refractivity contribution in [2.45, 2.75) is 13.1 Å². The second-order valence-corrected chi connectivity index (χ2v) is 6.69. The van der Waals surface area contributed by atoms with Crippen LogP contribution in [0.1, 0.15) is 5.82 Å². The number of nitrogens with zero attached hydrogens (tertiary/aromatic N) is 7. The molecular weight excluding hydrogens is 342 g/mol. The summed E-state index contributed by atoms with van der Waals surface area (Å²) in [7, 11) is 1.68. The zero-order valence-corrected chi connectivity index (χ0v) is 15.6. The molecule has 2 aromatic heterocycles. The smallest absolute Gasteiger partial charge is 0.137 e. The number of benzene rings is 1.